The molecule has 8 nitrogen and oxygen atoms in total. The van der Waals surface area contributed by atoms with Crippen LogP contribution in [0.4, 0.5) is 0 Å². The predicted molar refractivity (Wildman–Crippen MR) is 148 cm³/mol. The van der Waals surface area contributed by atoms with Gasteiger partial charge in [-0.3, -0.25) is 14.4 Å². The summed E-state index contributed by atoms with van der Waals surface area (Å²) in [6.45, 7) is 20.6. The number of hydrogen-bond donors (Lipinski definition) is 1. The average Bonchev–Trinajstić information content (AvgIpc) is 3.50. The van der Waals surface area contributed by atoms with Crippen LogP contribution in [0.25, 0.3) is 0 Å². The monoisotopic (exact) mass is 531 g/mol. The van der Waals surface area contributed by atoms with Crippen molar-refractivity contribution < 1.29 is 24.2 Å². The quantitative estimate of drug-likeness (QED) is 0.347. The van der Waals surface area contributed by atoms with E-state index in [-0.39, 0.29) is 36.3 Å². The maximum Gasteiger partial charge on any atom is 0.248 e. The highest BCUT2D eigenvalue weighted by atomic mass is 16.5. The molecular weight excluding hydrogens is 482 g/mol. The second-order valence-electron chi connectivity index (χ2n) is 11.7. The van der Waals surface area contributed by atoms with Gasteiger partial charge in [-0.25, -0.2) is 0 Å². The molecule has 0 radical (unpaired) electrons. The molecule has 1 N–H and O–H groups in total. The number of carbonyl (C=O) groups excluding carboxylic acids is 3. The minimum Gasteiger partial charge on any atom is -0.394 e. The summed E-state index contributed by atoms with van der Waals surface area (Å²) in [4.78, 5) is 48.2. The Bertz CT molecular complexity index is 922. The van der Waals surface area contributed by atoms with Crippen LogP contribution in [-0.4, -0.2) is 93.1 Å². The lowest BCUT2D eigenvalue weighted by atomic mass is 9.64. The molecule has 0 aromatic rings. The third-order valence-electron chi connectivity index (χ3n) is 9.35. The molecule has 2 unspecified atom stereocenters. The summed E-state index contributed by atoms with van der Waals surface area (Å²) in [6.07, 6.45) is 6.66. The number of ether oxygens (including phenoxy) is 1. The van der Waals surface area contributed by atoms with Crippen LogP contribution in [0.15, 0.2) is 25.3 Å². The van der Waals surface area contributed by atoms with Crippen LogP contribution in [-0.2, 0) is 19.1 Å². The zero-order valence-electron chi connectivity index (χ0n) is 24.3. The maximum absolute atomic E-state index is 14.5. The molecule has 0 aromatic carbocycles. The second-order valence-corrected chi connectivity index (χ2v) is 11.7. The number of fused-ring (bicyclic) bond motifs is 1. The Morgan fingerprint density at radius 3 is 2.29 bits per heavy atom. The van der Waals surface area contributed by atoms with E-state index in [2.05, 4.69) is 13.2 Å². The van der Waals surface area contributed by atoms with E-state index in [0.717, 1.165) is 12.8 Å². The molecule has 2 bridgehead atoms. The van der Waals surface area contributed by atoms with Crippen LogP contribution in [0, 0.1) is 17.8 Å². The fraction of sp³-hybridized carbons (Fsp3) is 0.767. The van der Waals surface area contributed by atoms with Gasteiger partial charge in [-0.1, -0.05) is 46.3 Å². The molecular formula is C30H49N3O5. The standard InChI is InChI=1S/C30H49N3O5/c1-9-16-31(17-10-2)26(35)23-24-27(36)33(22(19-34)21(8)12-4)25(28(37)32(18-11-3)20(6)7)30(24)15-14-29(23,13-5)38-30/h9,11,20-25,34H,1,3,10,12-19H2,2,4-8H3/t21-,22-,23-,24-,25?,29+,30?/m0/s1. The Morgan fingerprint density at radius 2 is 1.79 bits per heavy atom. The Morgan fingerprint density at radius 1 is 1.13 bits per heavy atom. The molecule has 0 aliphatic carbocycles. The van der Waals surface area contributed by atoms with Crippen LogP contribution in [0.5, 0.6) is 0 Å². The molecule has 0 aromatic heterocycles. The number of aliphatic hydroxyl groups excluding tert-OH is 1. The molecule has 3 aliphatic heterocycles. The minimum absolute atomic E-state index is 0.0368. The molecule has 3 saturated heterocycles. The smallest absolute Gasteiger partial charge is 0.248 e. The lowest BCUT2D eigenvalue weighted by Crippen LogP contribution is -2.60. The molecule has 8 heteroatoms. The Kier molecular flexibility index (Phi) is 9.51. The lowest BCUT2D eigenvalue weighted by molar-refractivity contribution is -0.159. The summed E-state index contributed by atoms with van der Waals surface area (Å²) in [7, 11) is 0. The highest BCUT2D eigenvalue weighted by Gasteiger charge is 2.79. The maximum atomic E-state index is 14.5. The number of nitrogens with zero attached hydrogens (tertiary/aromatic N) is 3. The van der Waals surface area contributed by atoms with Crippen molar-refractivity contribution in [2.75, 3.05) is 26.2 Å². The largest absolute Gasteiger partial charge is 0.394 e. The highest BCUT2D eigenvalue weighted by Crippen LogP contribution is 2.65. The van der Waals surface area contributed by atoms with Gasteiger partial charge in [-0.05, 0) is 45.4 Å². The van der Waals surface area contributed by atoms with Gasteiger partial charge >= 0.3 is 0 Å². The summed E-state index contributed by atoms with van der Waals surface area (Å²) in [5.41, 5.74) is -1.90. The summed E-state index contributed by atoms with van der Waals surface area (Å²) in [5, 5.41) is 10.5. The van der Waals surface area contributed by atoms with Gasteiger partial charge in [0.2, 0.25) is 17.7 Å². The number of amides is 3. The van der Waals surface area contributed by atoms with E-state index in [4.69, 9.17) is 4.74 Å². The van der Waals surface area contributed by atoms with Crippen LogP contribution < -0.4 is 0 Å². The van der Waals surface area contributed by atoms with Crippen molar-refractivity contribution in [1.82, 2.24) is 14.7 Å². The summed E-state index contributed by atoms with van der Waals surface area (Å²) < 4.78 is 6.92. The summed E-state index contributed by atoms with van der Waals surface area (Å²) in [6, 6.07) is -1.57. The lowest BCUT2D eigenvalue weighted by Gasteiger charge is -2.42. The number of carbonyl (C=O) groups is 3. The van der Waals surface area contributed by atoms with Crippen LogP contribution in [0.2, 0.25) is 0 Å². The first-order valence-corrected chi connectivity index (χ1v) is 14.5. The number of aliphatic hydroxyl groups is 1. The predicted octanol–water partition coefficient (Wildman–Crippen LogP) is 3.40. The van der Waals surface area contributed by atoms with Crippen LogP contribution >= 0.6 is 0 Å². The minimum atomic E-state index is -1.11. The van der Waals surface area contributed by atoms with Gasteiger partial charge in [0, 0.05) is 25.7 Å². The van der Waals surface area contributed by atoms with Gasteiger partial charge < -0.3 is 24.5 Å². The van der Waals surface area contributed by atoms with Crippen molar-refractivity contribution in [2.24, 2.45) is 17.8 Å². The third-order valence-corrected chi connectivity index (χ3v) is 9.35. The van der Waals surface area contributed by atoms with Gasteiger partial charge in [-0.15, -0.1) is 13.2 Å². The van der Waals surface area contributed by atoms with Crippen LogP contribution in [0.1, 0.15) is 73.6 Å². The van der Waals surface area contributed by atoms with Crippen molar-refractivity contribution in [3.63, 3.8) is 0 Å². The topological polar surface area (TPSA) is 90.4 Å². The molecule has 3 rings (SSSR count). The zero-order chi connectivity index (χ0) is 28.4. The molecule has 3 heterocycles. The van der Waals surface area contributed by atoms with Gasteiger partial charge in [0.1, 0.15) is 11.6 Å². The van der Waals surface area contributed by atoms with E-state index in [0.29, 0.717) is 38.9 Å². The van der Waals surface area contributed by atoms with Crippen LogP contribution in [0.3, 0.4) is 0 Å². The molecule has 7 atom stereocenters. The van der Waals surface area contributed by atoms with Gasteiger partial charge in [0.05, 0.1) is 30.1 Å². The fourth-order valence-corrected chi connectivity index (χ4v) is 7.25. The average molecular weight is 532 g/mol. The third kappa shape index (κ3) is 4.61. The Hall–Kier alpha value is -2.19. The summed E-state index contributed by atoms with van der Waals surface area (Å²) >= 11 is 0. The normalized spacial score (nSPS) is 31.3. The molecule has 3 amide bonds. The van der Waals surface area contributed by atoms with Crippen molar-refractivity contribution >= 4 is 17.7 Å². The van der Waals surface area contributed by atoms with Crippen molar-refractivity contribution in [2.45, 2.75) is 103 Å². The van der Waals surface area contributed by atoms with E-state index in [1.807, 2.05) is 41.5 Å². The van der Waals surface area contributed by atoms with Crippen molar-refractivity contribution in [1.29, 1.82) is 0 Å². The Balaban J connectivity index is 2.21. The fourth-order valence-electron chi connectivity index (χ4n) is 7.25. The molecule has 3 aliphatic rings. The van der Waals surface area contributed by atoms with Gasteiger partial charge in [0.25, 0.3) is 0 Å². The molecule has 214 valence electrons. The van der Waals surface area contributed by atoms with Gasteiger partial charge in [0.15, 0.2) is 0 Å². The highest BCUT2D eigenvalue weighted by molar-refractivity contribution is 5.99. The first kappa shape index (κ1) is 30.4. The second kappa shape index (κ2) is 11.9. The molecule has 3 fully saturated rings. The van der Waals surface area contributed by atoms with Crippen molar-refractivity contribution in [3.05, 3.63) is 25.3 Å². The van der Waals surface area contributed by atoms with E-state index >= 15 is 0 Å². The first-order valence-electron chi connectivity index (χ1n) is 14.5. The first-order chi connectivity index (χ1) is 18.0. The number of hydrogen-bond acceptors (Lipinski definition) is 5. The molecule has 38 heavy (non-hydrogen) atoms. The van der Waals surface area contributed by atoms with E-state index in [9.17, 15) is 19.5 Å². The molecule has 0 saturated carbocycles. The van der Waals surface area contributed by atoms with E-state index < -0.39 is 35.1 Å². The summed E-state index contributed by atoms with van der Waals surface area (Å²) in [5.74, 6) is -2.02. The number of rotatable bonds is 14. The van der Waals surface area contributed by atoms with E-state index in [1.165, 1.54) is 0 Å². The van der Waals surface area contributed by atoms with E-state index in [1.54, 1.807) is 26.9 Å². The number of likely N-dealkylation sites (tertiary alicyclic amines) is 1. The zero-order valence-corrected chi connectivity index (χ0v) is 24.3. The van der Waals surface area contributed by atoms with Gasteiger partial charge in [-0.2, -0.15) is 0 Å². The SMILES string of the molecule is C=CCN(CCC)C(=O)[C@@H]1[C@H]2C(=O)N([C@@H](CO)[C@@H](C)CC)C(C(=O)N(CC=C)C(C)C)C23CC[C@@]1(CC)O3. The molecule has 1 spiro atoms. The Labute approximate surface area is 229 Å². The van der Waals surface area contributed by atoms with Crippen molar-refractivity contribution in [3.8, 4) is 0 Å².